The van der Waals surface area contributed by atoms with E-state index in [0.717, 1.165) is 34.2 Å². The molecular formula is C69H85N9O10. The van der Waals surface area contributed by atoms with Crippen molar-refractivity contribution in [2.45, 2.75) is 160 Å². The lowest BCUT2D eigenvalue weighted by molar-refractivity contribution is -0.145. The zero-order chi connectivity index (χ0) is 63.2. The summed E-state index contributed by atoms with van der Waals surface area (Å²) in [5.41, 5.74) is 2.60. The van der Waals surface area contributed by atoms with Gasteiger partial charge in [0, 0.05) is 32.0 Å². The summed E-state index contributed by atoms with van der Waals surface area (Å²) in [5.74, 6) is -5.35. The summed E-state index contributed by atoms with van der Waals surface area (Å²) in [4.78, 5) is 119. The van der Waals surface area contributed by atoms with Gasteiger partial charge in [0.1, 0.15) is 54.0 Å². The summed E-state index contributed by atoms with van der Waals surface area (Å²) in [7, 11) is 0. The van der Waals surface area contributed by atoms with Crippen molar-refractivity contribution in [3.63, 3.8) is 0 Å². The molecule has 19 heteroatoms. The minimum Gasteiger partial charge on any atom is -0.461 e. The summed E-state index contributed by atoms with van der Waals surface area (Å²) in [6, 6.07) is 40.3. The third kappa shape index (κ3) is 18.9. The second-order valence-electron chi connectivity index (χ2n) is 23.9. The molecule has 7 rings (SSSR count). The molecule has 1 aliphatic heterocycles. The number of esters is 1. The Kier molecular flexibility index (Phi) is 24.2. The lowest BCUT2D eigenvalue weighted by atomic mass is 9.77. The van der Waals surface area contributed by atoms with E-state index in [2.05, 4.69) is 37.2 Å². The van der Waals surface area contributed by atoms with Crippen LogP contribution in [0.3, 0.4) is 0 Å². The molecule has 1 aromatic heterocycles. The van der Waals surface area contributed by atoms with Crippen LogP contribution in [0.5, 0.6) is 0 Å². The van der Waals surface area contributed by atoms with E-state index < -0.39 is 94.9 Å². The van der Waals surface area contributed by atoms with E-state index in [4.69, 9.17) is 14.5 Å². The number of benzene rings is 5. The number of hydrogen-bond acceptors (Lipinski definition) is 11. The van der Waals surface area contributed by atoms with Gasteiger partial charge in [0.15, 0.2) is 0 Å². The molecule has 7 amide bonds. The highest BCUT2D eigenvalue weighted by atomic mass is 16.6. The van der Waals surface area contributed by atoms with Crippen LogP contribution in [0.15, 0.2) is 164 Å². The molecule has 19 nitrogen and oxygen atoms in total. The minimum absolute atomic E-state index is 0.0464. The summed E-state index contributed by atoms with van der Waals surface area (Å²) in [5, 5.41) is 19.8. The standard InChI is InChI=1S/C69H85N9O10/c1-8-47(4)60(66(85)73-54-36-24-25-39-70-61(54)80)77-62(81)55(37-38-59(79)87-44-49-28-16-10-17-29-49)72-65(84)58(75-63(82)56(40-46(2)3)74-64(83)57(41-48-26-14-9-15-27-48)76-67(86)88-68(5,6)7)42-53-43-78(45-71-53)69(50-30-18-11-19-31-50,51-32-20-12-21-33-51)52-34-22-13-23-35-52/h9-23,26-35,43,45-47,54-58,60H,8,24-25,36-42,44H2,1-7H3,(H,70,80)(H,72,84)(H,73,85)(H,74,83)(H,75,82)(H,76,86)(H,77,81)/t47-,54-,55+,56-,57+,58-,60+/m0/s1. The number of imidazole rings is 1. The Morgan fingerprint density at radius 3 is 1.66 bits per heavy atom. The van der Waals surface area contributed by atoms with Crippen LogP contribution in [0.4, 0.5) is 4.79 Å². The molecule has 6 aromatic rings. The summed E-state index contributed by atoms with van der Waals surface area (Å²) < 4.78 is 13.1. The predicted molar refractivity (Wildman–Crippen MR) is 335 cm³/mol. The Morgan fingerprint density at radius 1 is 0.614 bits per heavy atom. The third-order valence-corrected chi connectivity index (χ3v) is 15.4. The van der Waals surface area contributed by atoms with Crippen molar-refractivity contribution in [1.82, 2.24) is 46.8 Å². The normalized spacial score (nSPS) is 15.5. The zero-order valence-electron chi connectivity index (χ0n) is 51.5. The van der Waals surface area contributed by atoms with Gasteiger partial charge in [-0.05, 0) is 92.5 Å². The van der Waals surface area contributed by atoms with Crippen LogP contribution in [0, 0.1) is 11.8 Å². The molecule has 1 fully saturated rings. The maximum atomic E-state index is 15.4. The van der Waals surface area contributed by atoms with Gasteiger partial charge in [-0.15, -0.1) is 0 Å². The maximum Gasteiger partial charge on any atom is 0.408 e. The number of amides is 7. The molecule has 0 radical (unpaired) electrons. The average Bonchev–Trinajstić information content (AvgIpc) is 1.44. The van der Waals surface area contributed by atoms with Crippen molar-refractivity contribution >= 4 is 47.5 Å². The van der Waals surface area contributed by atoms with E-state index in [9.17, 15) is 28.8 Å². The summed E-state index contributed by atoms with van der Waals surface area (Å²) in [6.45, 7) is 12.9. The molecule has 7 N–H and O–H groups in total. The predicted octanol–water partition coefficient (Wildman–Crippen LogP) is 7.74. The monoisotopic (exact) mass is 1200 g/mol. The molecule has 1 aliphatic rings. The first-order valence-electron chi connectivity index (χ1n) is 30.5. The fourth-order valence-corrected chi connectivity index (χ4v) is 10.7. The number of nitrogens with zero attached hydrogens (tertiary/aromatic N) is 2. The quantitative estimate of drug-likeness (QED) is 0.0185. The van der Waals surface area contributed by atoms with E-state index >= 15 is 9.59 Å². The van der Waals surface area contributed by atoms with Crippen LogP contribution >= 0.6 is 0 Å². The summed E-state index contributed by atoms with van der Waals surface area (Å²) >= 11 is 0. The Hall–Kier alpha value is -9.13. The van der Waals surface area contributed by atoms with Gasteiger partial charge in [-0.1, -0.05) is 186 Å². The van der Waals surface area contributed by atoms with Crippen LogP contribution in [0.2, 0.25) is 0 Å². The Balaban J connectivity index is 1.26. The zero-order valence-corrected chi connectivity index (χ0v) is 51.5. The second kappa shape index (κ2) is 32.0. The van der Waals surface area contributed by atoms with Crippen molar-refractivity contribution in [1.29, 1.82) is 0 Å². The van der Waals surface area contributed by atoms with E-state index in [1.807, 2.05) is 153 Å². The largest absolute Gasteiger partial charge is 0.461 e. The molecule has 0 spiro atoms. The highest BCUT2D eigenvalue weighted by Gasteiger charge is 2.40. The first kappa shape index (κ1) is 66.4. The number of rotatable bonds is 28. The minimum atomic E-state index is -1.51. The van der Waals surface area contributed by atoms with Gasteiger partial charge < -0.3 is 51.3 Å². The number of carbonyl (C=O) groups excluding carboxylic acids is 8. The number of ether oxygens (including phenoxy) is 2. The molecule has 2 heterocycles. The van der Waals surface area contributed by atoms with Crippen LogP contribution < -0.4 is 37.2 Å². The molecule has 0 unspecified atom stereocenters. The first-order chi connectivity index (χ1) is 42.2. The number of carbonyl (C=O) groups is 8. The highest BCUT2D eigenvalue weighted by molar-refractivity contribution is 5.97. The summed E-state index contributed by atoms with van der Waals surface area (Å²) in [6.07, 6.45) is 4.15. The van der Waals surface area contributed by atoms with Gasteiger partial charge in [0.25, 0.3) is 0 Å². The molecule has 0 aliphatic carbocycles. The molecule has 1 saturated heterocycles. The van der Waals surface area contributed by atoms with Crippen LogP contribution in [0.25, 0.3) is 0 Å². The lowest BCUT2D eigenvalue weighted by Crippen LogP contribution is -2.61. The molecule has 88 heavy (non-hydrogen) atoms. The van der Waals surface area contributed by atoms with Crippen LogP contribution in [-0.4, -0.2) is 105 Å². The molecule has 0 bridgehead atoms. The van der Waals surface area contributed by atoms with Crippen molar-refractivity contribution in [2.75, 3.05) is 6.54 Å². The Morgan fingerprint density at radius 2 is 1.11 bits per heavy atom. The van der Waals surface area contributed by atoms with Gasteiger partial charge in [-0.25, -0.2) is 9.78 Å². The molecule has 0 saturated carbocycles. The fraction of sp³-hybridized carbons (Fsp3) is 0.406. The van der Waals surface area contributed by atoms with Gasteiger partial charge in [0.05, 0.1) is 12.0 Å². The van der Waals surface area contributed by atoms with Crippen molar-refractivity contribution < 1.29 is 47.8 Å². The fourth-order valence-electron chi connectivity index (χ4n) is 10.7. The van der Waals surface area contributed by atoms with Gasteiger partial charge in [-0.2, -0.15) is 0 Å². The van der Waals surface area contributed by atoms with E-state index in [-0.39, 0.29) is 50.5 Å². The van der Waals surface area contributed by atoms with Gasteiger partial charge >= 0.3 is 12.1 Å². The van der Waals surface area contributed by atoms with Gasteiger partial charge in [0.2, 0.25) is 35.4 Å². The smallest absolute Gasteiger partial charge is 0.408 e. The average molecular weight is 1200 g/mol. The second-order valence-corrected chi connectivity index (χ2v) is 23.9. The maximum absolute atomic E-state index is 15.4. The van der Waals surface area contributed by atoms with Gasteiger partial charge in [-0.3, -0.25) is 33.6 Å². The molecule has 466 valence electrons. The van der Waals surface area contributed by atoms with Crippen LogP contribution in [0.1, 0.15) is 127 Å². The number of alkyl carbamates (subject to hydrolysis) is 1. The van der Waals surface area contributed by atoms with Crippen molar-refractivity contribution in [3.8, 4) is 0 Å². The van der Waals surface area contributed by atoms with Crippen LogP contribution in [-0.2, 0) is 68.0 Å². The number of aromatic nitrogens is 2. The number of nitrogens with one attached hydrogen (secondary N) is 7. The molecule has 5 aromatic carbocycles. The van der Waals surface area contributed by atoms with Crippen molar-refractivity contribution in [3.05, 3.63) is 198 Å². The lowest BCUT2D eigenvalue weighted by Gasteiger charge is -2.37. The molecular weight excluding hydrogens is 1110 g/mol. The highest BCUT2D eigenvalue weighted by Crippen LogP contribution is 2.41. The SMILES string of the molecule is CC[C@H](C)[C@@H](NC(=O)[C@@H](CCC(=O)OCc1ccccc1)NC(=O)[C@H](Cc1cn(C(c2ccccc2)(c2ccccc2)c2ccccc2)cn1)NC(=O)[C@H](CC(C)C)NC(=O)[C@@H](Cc1ccccc1)NC(=O)OC(C)(C)C)C(=O)N[C@H]1CCCCNC1=O. The van der Waals surface area contributed by atoms with E-state index in [0.29, 0.717) is 31.5 Å². The van der Waals surface area contributed by atoms with Crippen molar-refractivity contribution in [2.24, 2.45) is 11.8 Å². The topological polar surface area (TPSA) is 257 Å². The van der Waals surface area contributed by atoms with E-state index in [1.54, 1.807) is 64.5 Å². The molecule has 7 atom stereocenters. The first-order valence-corrected chi connectivity index (χ1v) is 30.5. The number of hydrogen-bond donors (Lipinski definition) is 7. The Labute approximate surface area is 516 Å². The Bertz CT molecular complexity index is 3150. The third-order valence-electron chi connectivity index (χ3n) is 15.4. The van der Waals surface area contributed by atoms with E-state index in [1.165, 1.54) is 0 Å².